The van der Waals surface area contributed by atoms with Crippen LogP contribution in [0.3, 0.4) is 0 Å². The molecule has 0 amide bonds. The molecule has 1 heterocycles. The van der Waals surface area contributed by atoms with E-state index in [9.17, 15) is 13.2 Å². The number of aromatic nitrogens is 1. The number of para-hydroxylation sites is 1. The lowest BCUT2D eigenvalue weighted by Gasteiger charge is -2.17. The van der Waals surface area contributed by atoms with Gasteiger partial charge in [-0.2, -0.15) is 8.42 Å². The molecular weight excluding hydrogens is 474 g/mol. The van der Waals surface area contributed by atoms with E-state index in [1.807, 2.05) is 31.2 Å². The molecule has 3 aromatic rings. The lowest BCUT2D eigenvalue weighted by atomic mass is 10.1. The molecule has 4 N–H and O–H groups in total. The van der Waals surface area contributed by atoms with E-state index >= 15 is 0 Å². The number of hydrazine groups is 1. The molecular formula is C23H29N5O4S2. The first-order valence-electron chi connectivity index (χ1n) is 10.7. The van der Waals surface area contributed by atoms with Crippen LogP contribution >= 0.6 is 11.3 Å². The second-order valence-electron chi connectivity index (χ2n) is 7.92. The lowest BCUT2D eigenvalue weighted by Crippen LogP contribution is -2.35. The number of fused-ring (bicyclic) bond motifs is 1. The number of hydrogen-bond acceptors (Lipinski definition) is 8. The number of carbonyl (C=O) groups excluding carboxylic acids is 1. The minimum Gasteiger partial charge on any atom is -0.496 e. The van der Waals surface area contributed by atoms with Crippen molar-refractivity contribution in [1.29, 1.82) is 0 Å². The van der Waals surface area contributed by atoms with E-state index in [2.05, 4.69) is 20.2 Å². The van der Waals surface area contributed by atoms with Crippen molar-refractivity contribution in [2.45, 2.75) is 50.6 Å². The zero-order valence-electron chi connectivity index (χ0n) is 19.5. The molecule has 0 aliphatic rings. The van der Waals surface area contributed by atoms with E-state index in [1.54, 1.807) is 27.0 Å². The molecule has 9 nitrogen and oxygen atoms in total. The van der Waals surface area contributed by atoms with Crippen LogP contribution in [0.25, 0.3) is 10.2 Å². The number of aldehydes is 1. The zero-order chi connectivity index (χ0) is 24.9. The highest BCUT2D eigenvalue weighted by Crippen LogP contribution is 2.31. The Hall–Kier alpha value is -2.86. The second-order valence-corrected chi connectivity index (χ2v) is 10.6. The van der Waals surface area contributed by atoms with Crippen molar-refractivity contribution < 1.29 is 17.9 Å². The van der Waals surface area contributed by atoms with Gasteiger partial charge in [-0.05, 0) is 68.5 Å². The minimum absolute atomic E-state index is 0.156. The third kappa shape index (κ3) is 5.79. The highest BCUT2D eigenvalue weighted by Gasteiger charge is 2.22. The number of rotatable bonds is 11. The molecule has 2 atom stereocenters. The quantitative estimate of drug-likeness (QED) is 0.157. The summed E-state index contributed by atoms with van der Waals surface area (Å²) >= 11 is 1.52. The van der Waals surface area contributed by atoms with E-state index in [-0.39, 0.29) is 10.9 Å². The number of carbonyl (C=O) groups is 1. The minimum atomic E-state index is -3.95. The Morgan fingerprint density at radius 3 is 2.62 bits per heavy atom. The van der Waals surface area contributed by atoms with Crippen LogP contribution in [-0.2, 0) is 14.8 Å². The van der Waals surface area contributed by atoms with Gasteiger partial charge in [-0.1, -0.05) is 12.1 Å². The van der Waals surface area contributed by atoms with Crippen molar-refractivity contribution in [2.24, 2.45) is 10.1 Å². The Bertz CT molecular complexity index is 1270. The van der Waals surface area contributed by atoms with E-state index in [0.29, 0.717) is 36.0 Å². The molecule has 0 aliphatic heterocycles. The Morgan fingerprint density at radius 1 is 1.21 bits per heavy atom. The van der Waals surface area contributed by atoms with Crippen LogP contribution in [0.5, 0.6) is 5.75 Å². The van der Waals surface area contributed by atoms with E-state index < -0.39 is 16.1 Å². The first-order valence-corrected chi connectivity index (χ1v) is 12.9. The third-order valence-electron chi connectivity index (χ3n) is 5.54. The monoisotopic (exact) mass is 503 g/mol. The number of nitrogens with zero attached hydrogens (tertiary/aromatic N) is 2. The summed E-state index contributed by atoms with van der Waals surface area (Å²) in [5.74, 6) is 0.630. The van der Waals surface area contributed by atoms with Crippen molar-refractivity contribution >= 4 is 44.2 Å². The Morgan fingerprint density at radius 2 is 1.94 bits per heavy atom. The van der Waals surface area contributed by atoms with Crippen molar-refractivity contribution in [3.05, 3.63) is 52.0 Å². The van der Waals surface area contributed by atoms with Crippen LogP contribution in [0, 0.1) is 20.8 Å². The number of hydrogen-bond donors (Lipinski definition) is 3. The highest BCUT2D eigenvalue weighted by molar-refractivity contribution is 7.90. The van der Waals surface area contributed by atoms with Gasteiger partial charge in [0.15, 0.2) is 0 Å². The maximum atomic E-state index is 12.9. The number of nitrogens with two attached hydrogens (primary N) is 1. The molecule has 0 saturated carbocycles. The van der Waals surface area contributed by atoms with Crippen LogP contribution in [0.4, 0.5) is 0 Å². The predicted molar refractivity (Wildman–Crippen MR) is 135 cm³/mol. The van der Waals surface area contributed by atoms with Crippen LogP contribution in [-0.4, -0.2) is 39.2 Å². The maximum Gasteiger partial charge on any atom is 0.284 e. The number of methoxy groups -OCH3 is 1. The molecule has 34 heavy (non-hydrogen) atoms. The largest absolute Gasteiger partial charge is 0.496 e. The molecule has 0 bridgehead atoms. The Balaban J connectivity index is 1.78. The van der Waals surface area contributed by atoms with Crippen molar-refractivity contribution in [3.8, 4) is 5.75 Å². The van der Waals surface area contributed by atoms with Gasteiger partial charge < -0.3 is 20.7 Å². The summed E-state index contributed by atoms with van der Waals surface area (Å²) in [5.41, 5.74) is 14.3. The van der Waals surface area contributed by atoms with Crippen LogP contribution in [0.2, 0.25) is 0 Å². The Labute approximate surface area is 203 Å². The molecule has 2 aromatic carbocycles. The standard InChI is InChI=1S/C23H29N5O4S2/c1-14-11-20(32-4)15(2)16(3)22(14)34(30,31)26-13-25-28-19(10-9-17(24)12-29)23-27-18-7-5-6-8-21(18)33-23/h5-8,11-13,17,19,28H,9-10,24H2,1-4H3,(H,25,26). The average Bonchev–Trinajstić information content (AvgIpc) is 3.24. The molecule has 0 aliphatic carbocycles. The van der Waals surface area contributed by atoms with Crippen LogP contribution < -0.4 is 21.3 Å². The summed E-state index contributed by atoms with van der Waals surface area (Å²) in [6, 6.07) is 8.56. The average molecular weight is 504 g/mol. The second kappa shape index (κ2) is 11.0. The smallest absolute Gasteiger partial charge is 0.284 e. The van der Waals surface area contributed by atoms with Gasteiger partial charge in [-0.25, -0.2) is 10.4 Å². The summed E-state index contributed by atoms with van der Waals surface area (Å²) < 4.78 is 36.0. The topological polar surface area (TPSA) is 136 Å². The fourth-order valence-electron chi connectivity index (χ4n) is 3.64. The van der Waals surface area contributed by atoms with E-state index in [0.717, 1.165) is 27.1 Å². The van der Waals surface area contributed by atoms with Gasteiger partial charge in [0.1, 0.15) is 23.4 Å². The molecule has 0 radical (unpaired) electrons. The highest BCUT2D eigenvalue weighted by atomic mass is 32.2. The summed E-state index contributed by atoms with van der Waals surface area (Å²) in [6.45, 7) is 5.25. The van der Waals surface area contributed by atoms with E-state index in [1.165, 1.54) is 11.3 Å². The molecule has 0 fully saturated rings. The van der Waals surface area contributed by atoms with Crippen LogP contribution in [0.15, 0.2) is 39.6 Å². The molecule has 182 valence electrons. The number of aryl methyl sites for hydroxylation is 1. The lowest BCUT2D eigenvalue weighted by molar-refractivity contribution is -0.109. The molecule has 1 aromatic heterocycles. The number of nitrogens with one attached hydrogen (secondary N) is 2. The first-order chi connectivity index (χ1) is 16.2. The molecule has 3 rings (SSSR count). The molecule has 11 heteroatoms. The van der Waals surface area contributed by atoms with Gasteiger partial charge in [0.2, 0.25) is 0 Å². The number of benzene rings is 2. The molecule has 0 spiro atoms. The normalized spacial score (nSPS) is 13.8. The van der Waals surface area contributed by atoms with Gasteiger partial charge >= 0.3 is 0 Å². The van der Waals surface area contributed by atoms with E-state index in [4.69, 9.17) is 10.5 Å². The third-order valence-corrected chi connectivity index (χ3v) is 8.22. The first kappa shape index (κ1) is 25.8. The fraction of sp³-hybridized carbons (Fsp3) is 0.348. The summed E-state index contributed by atoms with van der Waals surface area (Å²) in [6.07, 6.45) is 2.77. The molecule has 2 unspecified atom stereocenters. The summed E-state index contributed by atoms with van der Waals surface area (Å²) in [4.78, 5) is 15.8. The summed E-state index contributed by atoms with van der Waals surface area (Å²) in [5, 5.41) is 0.792. The van der Waals surface area contributed by atoms with Gasteiger partial charge in [0.05, 0.1) is 34.3 Å². The van der Waals surface area contributed by atoms with Crippen molar-refractivity contribution in [1.82, 2.24) is 15.8 Å². The number of ether oxygens (including phenoxy) is 1. The van der Waals surface area contributed by atoms with Crippen molar-refractivity contribution in [2.75, 3.05) is 7.11 Å². The van der Waals surface area contributed by atoms with Crippen molar-refractivity contribution in [3.63, 3.8) is 0 Å². The van der Waals surface area contributed by atoms with Gasteiger partial charge in [0.25, 0.3) is 10.0 Å². The maximum absolute atomic E-state index is 12.9. The summed E-state index contributed by atoms with van der Waals surface area (Å²) in [7, 11) is -2.40. The predicted octanol–water partition coefficient (Wildman–Crippen LogP) is 3.09. The number of sulfonamides is 1. The zero-order valence-corrected chi connectivity index (χ0v) is 21.2. The van der Waals surface area contributed by atoms with Crippen LogP contribution in [0.1, 0.15) is 40.6 Å². The SMILES string of the molecule is COc1cc(C)c(S(=O)(=O)/N=C/NNC(CCC(N)C=O)c2nc3ccccc3s2)c(C)c1C. The van der Waals surface area contributed by atoms with Gasteiger partial charge in [-0.3, -0.25) is 0 Å². The fourth-order valence-corrected chi connectivity index (χ4v) is 6.00. The van der Waals surface area contributed by atoms with Gasteiger partial charge in [0, 0.05) is 0 Å². The van der Waals surface area contributed by atoms with Gasteiger partial charge in [-0.15, -0.1) is 15.7 Å². The Kier molecular flexibility index (Phi) is 8.37. The molecule has 0 saturated heterocycles. The number of thiazole rings is 1.